The Morgan fingerprint density at radius 3 is 2.50 bits per heavy atom. The molecule has 2 nitrogen and oxygen atoms in total. The molecule has 0 heterocycles. The normalized spacial score (nSPS) is 11.6. The molecule has 102 valence electrons. The van der Waals surface area contributed by atoms with Gasteiger partial charge in [-0.25, -0.2) is 0 Å². The molecule has 0 atom stereocenters. The molecule has 0 aliphatic carbocycles. The predicted octanol–water partition coefficient (Wildman–Crippen LogP) is 3.59. The maximum atomic E-state index is 12.5. The number of nitrogens with one attached hydrogen (secondary N) is 1. The summed E-state index contributed by atoms with van der Waals surface area (Å²) in [7, 11) is 0. The minimum absolute atomic E-state index is 0.155. The van der Waals surface area contributed by atoms with Crippen molar-refractivity contribution in [3.8, 4) is 0 Å². The van der Waals surface area contributed by atoms with Crippen LogP contribution in [0.15, 0.2) is 18.2 Å². The molecule has 2 N–H and O–H groups in total. The summed E-state index contributed by atoms with van der Waals surface area (Å²) in [6, 6.07) is 3.70. The zero-order valence-corrected chi connectivity index (χ0v) is 10.3. The van der Waals surface area contributed by atoms with E-state index < -0.39 is 11.7 Å². The molecule has 0 aliphatic rings. The second-order valence-corrected chi connectivity index (χ2v) is 4.24. The molecular weight excluding hydrogens is 243 g/mol. The van der Waals surface area contributed by atoms with Crippen molar-refractivity contribution >= 4 is 5.69 Å². The SMILES string of the molecule is Cc1ccc(C(F)(F)F)cc1NCCCCCO. The van der Waals surface area contributed by atoms with Crippen LogP contribution in [0.5, 0.6) is 0 Å². The molecule has 5 heteroatoms. The fourth-order valence-corrected chi connectivity index (χ4v) is 1.63. The quantitative estimate of drug-likeness (QED) is 0.767. The standard InChI is InChI=1S/C13H18F3NO/c1-10-5-6-11(13(14,15)16)9-12(10)17-7-3-2-4-8-18/h5-6,9,17-18H,2-4,7-8H2,1H3. The number of anilines is 1. The lowest BCUT2D eigenvalue weighted by Gasteiger charge is -2.13. The molecule has 0 saturated heterocycles. The van der Waals surface area contributed by atoms with E-state index in [0.29, 0.717) is 12.2 Å². The molecule has 1 rings (SSSR count). The minimum Gasteiger partial charge on any atom is -0.396 e. The highest BCUT2D eigenvalue weighted by atomic mass is 19.4. The van der Waals surface area contributed by atoms with Crippen molar-refractivity contribution in [1.82, 2.24) is 0 Å². The number of halogens is 3. The summed E-state index contributed by atoms with van der Waals surface area (Å²) in [6.07, 6.45) is -1.89. The number of benzene rings is 1. The molecule has 18 heavy (non-hydrogen) atoms. The first kappa shape index (κ1) is 14.8. The zero-order valence-electron chi connectivity index (χ0n) is 10.3. The van der Waals surface area contributed by atoms with Crippen LogP contribution in [0, 0.1) is 6.92 Å². The molecule has 0 spiro atoms. The molecule has 1 aromatic carbocycles. The van der Waals surface area contributed by atoms with Crippen LogP contribution in [0.2, 0.25) is 0 Å². The van der Waals surface area contributed by atoms with Crippen LogP contribution >= 0.6 is 0 Å². The third-order valence-electron chi connectivity index (χ3n) is 2.72. The Labute approximate surface area is 105 Å². The Morgan fingerprint density at radius 2 is 1.89 bits per heavy atom. The van der Waals surface area contributed by atoms with Crippen molar-refractivity contribution < 1.29 is 18.3 Å². The van der Waals surface area contributed by atoms with E-state index in [1.165, 1.54) is 6.07 Å². The van der Waals surface area contributed by atoms with Crippen LogP contribution in [0.25, 0.3) is 0 Å². The maximum absolute atomic E-state index is 12.5. The Hall–Kier alpha value is -1.23. The summed E-state index contributed by atoms with van der Waals surface area (Å²) in [5, 5.41) is 11.6. The van der Waals surface area contributed by atoms with Gasteiger partial charge in [-0.1, -0.05) is 6.07 Å². The van der Waals surface area contributed by atoms with Crippen molar-refractivity contribution in [2.24, 2.45) is 0 Å². The second kappa shape index (κ2) is 6.64. The molecule has 1 aromatic rings. The highest BCUT2D eigenvalue weighted by Crippen LogP contribution is 2.31. The van der Waals surface area contributed by atoms with Gasteiger partial charge in [0.2, 0.25) is 0 Å². The van der Waals surface area contributed by atoms with Crippen molar-refractivity contribution in [2.45, 2.75) is 32.4 Å². The van der Waals surface area contributed by atoms with E-state index in [4.69, 9.17) is 5.11 Å². The van der Waals surface area contributed by atoms with Crippen LogP contribution in [0.4, 0.5) is 18.9 Å². The molecule has 0 unspecified atom stereocenters. The number of aliphatic hydroxyl groups excluding tert-OH is 1. The Bertz CT molecular complexity index is 377. The highest BCUT2D eigenvalue weighted by Gasteiger charge is 2.30. The Morgan fingerprint density at radius 1 is 1.17 bits per heavy atom. The maximum Gasteiger partial charge on any atom is 0.416 e. The Kier molecular flexibility index (Phi) is 5.47. The smallest absolute Gasteiger partial charge is 0.396 e. The molecule has 0 aromatic heterocycles. The van der Waals surface area contributed by atoms with Gasteiger partial charge >= 0.3 is 6.18 Å². The number of unbranched alkanes of at least 4 members (excludes halogenated alkanes) is 2. The second-order valence-electron chi connectivity index (χ2n) is 4.24. The first-order chi connectivity index (χ1) is 8.45. The number of rotatable bonds is 6. The topological polar surface area (TPSA) is 32.3 Å². The lowest BCUT2D eigenvalue weighted by atomic mass is 10.1. The fourth-order valence-electron chi connectivity index (χ4n) is 1.63. The van der Waals surface area contributed by atoms with E-state index in [0.717, 1.165) is 37.0 Å². The monoisotopic (exact) mass is 261 g/mol. The molecule has 0 aliphatic heterocycles. The van der Waals surface area contributed by atoms with Gasteiger partial charge in [0.15, 0.2) is 0 Å². The van der Waals surface area contributed by atoms with Gasteiger partial charge in [-0.2, -0.15) is 13.2 Å². The van der Waals surface area contributed by atoms with E-state index in [9.17, 15) is 13.2 Å². The Balaban J connectivity index is 2.59. The number of alkyl halides is 3. The molecule has 0 amide bonds. The molecule has 0 bridgehead atoms. The van der Waals surface area contributed by atoms with E-state index in [1.54, 1.807) is 6.92 Å². The van der Waals surface area contributed by atoms with Gasteiger partial charge < -0.3 is 10.4 Å². The van der Waals surface area contributed by atoms with E-state index >= 15 is 0 Å². The number of aliphatic hydroxyl groups is 1. The lowest BCUT2D eigenvalue weighted by molar-refractivity contribution is -0.137. The average molecular weight is 261 g/mol. The summed E-state index contributed by atoms with van der Waals surface area (Å²) in [5.41, 5.74) is 0.685. The summed E-state index contributed by atoms with van der Waals surface area (Å²) < 4.78 is 37.6. The van der Waals surface area contributed by atoms with Crippen molar-refractivity contribution in [3.63, 3.8) is 0 Å². The summed E-state index contributed by atoms with van der Waals surface area (Å²) in [4.78, 5) is 0. The lowest BCUT2D eigenvalue weighted by Crippen LogP contribution is -2.08. The predicted molar refractivity (Wildman–Crippen MR) is 65.6 cm³/mol. The van der Waals surface area contributed by atoms with E-state index in [2.05, 4.69) is 5.32 Å². The molecular formula is C13H18F3NO. The van der Waals surface area contributed by atoms with Gasteiger partial charge in [-0.05, 0) is 43.9 Å². The van der Waals surface area contributed by atoms with Gasteiger partial charge in [-0.15, -0.1) is 0 Å². The van der Waals surface area contributed by atoms with Crippen LogP contribution in [-0.2, 0) is 6.18 Å². The first-order valence-electron chi connectivity index (χ1n) is 5.97. The van der Waals surface area contributed by atoms with Gasteiger partial charge in [-0.3, -0.25) is 0 Å². The third-order valence-corrected chi connectivity index (χ3v) is 2.72. The summed E-state index contributed by atoms with van der Waals surface area (Å²) in [5.74, 6) is 0. The molecule has 0 fully saturated rings. The van der Waals surface area contributed by atoms with Crippen LogP contribution in [-0.4, -0.2) is 18.3 Å². The fraction of sp³-hybridized carbons (Fsp3) is 0.538. The average Bonchev–Trinajstić information content (AvgIpc) is 2.29. The van der Waals surface area contributed by atoms with Crippen LogP contribution in [0.3, 0.4) is 0 Å². The van der Waals surface area contributed by atoms with E-state index in [-0.39, 0.29) is 6.61 Å². The minimum atomic E-state index is -4.30. The van der Waals surface area contributed by atoms with Crippen molar-refractivity contribution in [3.05, 3.63) is 29.3 Å². The summed E-state index contributed by atoms with van der Waals surface area (Å²) in [6.45, 7) is 2.54. The molecule has 0 radical (unpaired) electrons. The number of aryl methyl sites for hydroxylation is 1. The summed E-state index contributed by atoms with van der Waals surface area (Å²) >= 11 is 0. The van der Waals surface area contributed by atoms with E-state index in [1.807, 2.05) is 0 Å². The van der Waals surface area contributed by atoms with Crippen LogP contribution < -0.4 is 5.32 Å². The first-order valence-corrected chi connectivity index (χ1v) is 5.97. The number of hydrogen-bond acceptors (Lipinski definition) is 2. The third kappa shape index (κ3) is 4.56. The van der Waals surface area contributed by atoms with Crippen molar-refractivity contribution in [2.75, 3.05) is 18.5 Å². The van der Waals surface area contributed by atoms with Crippen molar-refractivity contribution in [1.29, 1.82) is 0 Å². The van der Waals surface area contributed by atoms with Gasteiger partial charge in [0, 0.05) is 18.8 Å². The zero-order chi connectivity index (χ0) is 13.6. The number of hydrogen-bond donors (Lipinski definition) is 2. The molecule has 0 saturated carbocycles. The van der Waals surface area contributed by atoms with Gasteiger partial charge in [0.25, 0.3) is 0 Å². The van der Waals surface area contributed by atoms with Crippen LogP contribution in [0.1, 0.15) is 30.4 Å². The highest BCUT2D eigenvalue weighted by molar-refractivity contribution is 5.53. The van der Waals surface area contributed by atoms with Gasteiger partial charge in [0.05, 0.1) is 5.56 Å². The van der Waals surface area contributed by atoms with Gasteiger partial charge in [0.1, 0.15) is 0 Å². The largest absolute Gasteiger partial charge is 0.416 e.